The molecule has 0 aromatic heterocycles. The van der Waals surface area contributed by atoms with Gasteiger partial charge in [-0.25, -0.2) is 4.39 Å². The van der Waals surface area contributed by atoms with Crippen LogP contribution < -0.4 is 10.1 Å². The minimum Gasteiger partial charge on any atom is -0.424 e. The van der Waals surface area contributed by atoms with Gasteiger partial charge in [-0.2, -0.15) is 0 Å². The molecule has 19 heavy (non-hydrogen) atoms. The van der Waals surface area contributed by atoms with Crippen LogP contribution in [0.5, 0.6) is 5.75 Å². The van der Waals surface area contributed by atoms with Gasteiger partial charge >= 0.3 is 5.97 Å². The van der Waals surface area contributed by atoms with E-state index in [9.17, 15) is 14.3 Å². The Morgan fingerprint density at radius 2 is 2.11 bits per heavy atom. The second-order valence-electron chi connectivity index (χ2n) is 5.43. The third-order valence-corrected chi connectivity index (χ3v) is 2.42. The Bertz CT molecular complexity index is 454. The minimum absolute atomic E-state index is 0.125. The summed E-state index contributed by atoms with van der Waals surface area (Å²) in [6.45, 7) is 7.47. The van der Waals surface area contributed by atoms with Gasteiger partial charge < -0.3 is 15.2 Å². The summed E-state index contributed by atoms with van der Waals surface area (Å²) in [5, 5.41) is 13.2. The smallest absolute Gasteiger partial charge is 0.308 e. The molecule has 0 aliphatic heterocycles. The van der Waals surface area contributed by atoms with E-state index in [4.69, 9.17) is 4.74 Å². The molecule has 4 nitrogen and oxygen atoms in total. The molecular formula is C14H20FNO3. The number of carbonyl (C=O) groups is 1. The van der Waals surface area contributed by atoms with Crippen LogP contribution in [0.1, 0.15) is 39.4 Å². The molecule has 0 amide bonds. The predicted molar refractivity (Wildman–Crippen MR) is 70.4 cm³/mol. The quantitative estimate of drug-likeness (QED) is 0.649. The number of aliphatic hydroxyl groups excluding tert-OH is 1. The first kappa shape index (κ1) is 15.6. The first-order valence-corrected chi connectivity index (χ1v) is 6.10. The molecule has 1 atom stereocenters. The van der Waals surface area contributed by atoms with Crippen molar-refractivity contribution in [3.63, 3.8) is 0 Å². The maximum Gasteiger partial charge on any atom is 0.308 e. The number of ether oxygens (including phenoxy) is 1. The number of rotatable bonds is 4. The summed E-state index contributed by atoms with van der Waals surface area (Å²) in [4.78, 5) is 10.8. The van der Waals surface area contributed by atoms with Gasteiger partial charge in [0.05, 0.1) is 6.10 Å². The van der Waals surface area contributed by atoms with Crippen molar-refractivity contribution in [1.29, 1.82) is 0 Å². The Labute approximate surface area is 112 Å². The van der Waals surface area contributed by atoms with Gasteiger partial charge in [0.2, 0.25) is 0 Å². The zero-order valence-electron chi connectivity index (χ0n) is 11.7. The van der Waals surface area contributed by atoms with Crippen molar-refractivity contribution >= 4 is 5.97 Å². The first-order valence-electron chi connectivity index (χ1n) is 6.10. The lowest BCUT2D eigenvalue weighted by molar-refractivity contribution is -0.132. The molecule has 1 rings (SSSR count). The number of hydrogen-bond acceptors (Lipinski definition) is 4. The summed E-state index contributed by atoms with van der Waals surface area (Å²) < 4.78 is 18.1. The van der Waals surface area contributed by atoms with Crippen LogP contribution in [0.2, 0.25) is 0 Å². The third-order valence-electron chi connectivity index (χ3n) is 2.42. The zero-order chi connectivity index (χ0) is 14.6. The standard InChI is InChI=1S/C14H20FNO3/c1-9(17)19-13-7-10(5-6-11(13)15)12(18)8-16-14(2,3)4/h5-7,12,16,18H,8H2,1-4H3/t12-/m0/s1. The Kier molecular flexibility index (Phi) is 5.03. The Morgan fingerprint density at radius 1 is 1.47 bits per heavy atom. The molecule has 0 saturated carbocycles. The van der Waals surface area contributed by atoms with Gasteiger partial charge in [0.15, 0.2) is 11.6 Å². The van der Waals surface area contributed by atoms with Crippen LogP contribution in [0.25, 0.3) is 0 Å². The van der Waals surface area contributed by atoms with Crippen molar-refractivity contribution in [2.24, 2.45) is 0 Å². The van der Waals surface area contributed by atoms with E-state index in [1.165, 1.54) is 25.1 Å². The molecule has 0 heterocycles. The summed E-state index contributed by atoms with van der Waals surface area (Å²) >= 11 is 0. The van der Waals surface area contributed by atoms with Gasteiger partial charge in [-0.15, -0.1) is 0 Å². The number of β-amino-alcohol motifs (C(OH)–C–C–N with tert-alkyl or cyclic N) is 1. The van der Waals surface area contributed by atoms with Gasteiger partial charge in [-0.1, -0.05) is 6.07 Å². The first-order chi connectivity index (χ1) is 8.69. The van der Waals surface area contributed by atoms with Crippen LogP contribution in [0, 0.1) is 5.82 Å². The van der Waals surface area contributed by atoms with Crippen LogP contribution in [0.3, 0.4) is 0 Å². The summed E-state index contributed by atoms with van der Waals surface area (Å²) in [6, 6.07) is 3.98. The van der Waals surface area contributed by atoms with Gasteiger partial charge in [0.1, 0.15) is 0 Å². The van der Waals surface area contributed by atoms with Gasteiger partial charge in [-0.3, -0.25) is 4.79 Å². The molecule has 0 aliphatic carbocycles. The molecule has 0 radical (unpaired) electrons. The SMILES string of the molecule is CC(=O)Oc1cc([C@@H](O)CNC(C)(C)C)ccc1F. The van der Waals surface area contributed by atoms with Crippen LogP contribution in [0.15, 0.2) is 18.2 Å². The van der Waals surface area contributed by atoms with E-state index in [-0.39, 0.29) is 11.3 Å². The van der Waals surface area contributed by atoms with E-state index in [1.54, 1.807) is 0 Å². The Hall–Kier alpha value is -1.46. The van der Waals surface area contributed by atoms with Crippen LogP contribution in [-0.4, -0.2) is 23.2 Å². The third kappa shape index (κ3) is 5.36. The highest BCUT2D eigenvalue weighted by Crippen LogP contribution is 2.23. The molecule has 0 spiro atoms. The average molecular weight is 269 g/mol. The van der Waals surface area contributed by atoms with Gasteiger partial charge in [0.25, 0.3) is 0 Å². The second kappa shape index (κ2) is 6.12. The Balaban J connectivity index is 2.80. The van der Waals surface area contributed by atoms with E-state index < -0.39 is 17.9 Å². The number of benzene rings is 1. The van der Waals surface area contributed by atoms with Crippen molar-refractivity contribution < 1.29 is 19.0 Å². The lowest BCUT2D eigenvalue weighted by atomic mass is 10.1. The number of carbonyl (C=O) groups excluding carboxylic acids is 1. The monoisotopic (exact) mass is 269 g/mol. The van der Waals surface area contributed by atoms with Crippen LogP contribution >= 0.6 is 0 Å². The van der Waals surface area contributed by atoms with Crippen molar-refractivity contribution in [3.05, 3.63) is 29.6 Å². The molecular weight excluding hydrogens is 249 g/mol. The van der Waals surface area contributed by atoms with Crippen molar-refractivity contribution in [2.75, 3.05) is 6.54 Å². The molecule has 5 heteroatoms. The summed E-state index contributed by atoms with van der Waals surface area (Å²) in [5.41, 5.74) is 0.370. The molecule has 0 saturated heterocycles. The van der Waals surface area contributed by atoms with E-state index >= 15 is 0 Å². The maximum absolute atomic E-state index is 13.4. The van der Waals surface area contributed by atoms with E-state index in [0.29, 0.717) is 12.1 Å². The highest BCUT2D eigenvalue weighted by Gasteiger charge is 2.16. The fraction of sp³-hybridized carbons (Fsp3) is 0.500. The highest BCUT2D eigenvalue weighted by atomic mass is 19.1. The maximum atomic E-state index is 13.4. The number of nitrogens with one attached hydrogen (secondary N) is 1. The molecule has 1 aromatic rings. The van der Waals surface area contributed by atoms with Crippen molar-refractivity contribution in [2.45, 2.75) is 39.3 Å². The molecule has 0 fully saturated rings. The summed E-state index contributed by atoms with van der Waals surface area (Å²) in [5.74, 6) is -1.40. The second-order valence-corrected chi connectivity index (χ2v) is 5.43. The highest BCUT2D eigenvalue weighted by molar-refractivity contribution is 5.69. The van der Waals surface area contributed by atoms with E-state index in [2.05, 4.69) is 5.32 Å². The van der Waals surface area contributed by atoms with Crippen LogP contribution in [0.4, 0.5) is 4.39 Å². The molecule has 0 unspecified atom stereocenters. The fourth-order valence-corrected chi connectivity index (χ4v) is 1.48. The lowest BCUT2D eigenvalue weighted by Crippen LogP contribution is -2.38. The Morgan fingerprint density at radius 3 is 2.63 bits per heavy atom. The summed E-state index contributed by atoms with van der Waals surface area (Å²) in [7, 11) is 0. The number of hydrogen-bond donors (Lipinski definition) is 2. The zero-order valence-corrected chi connectivity index (χ0v) is 11.7. The molecule has 106 valence electrons. The lowest BCUT2D eigenvalue weighted by Gasteiger charge is -2.23. The minimum atomic E-state index is -0.797. The van der Waals surface area contributed by atoms with Gasteiger partial charge in [0, 0.05) is 19.0 Å². The average Bonchev–Trinajstić information content (AvgIpc) is 2.27. The number of esters is 1. The van der Waals surface area contributed by atoms with E-state index in [0.717, 1.165) is 0 Å². The predicted octanol–water partition coefficient (Wildman–Crippen LogP) is 2.17. The normalized spacial score (nSPS) is 13.2. The topological polar surface area (TPSA) is 58.6 Å². The molecule has 0 bridgehead atoms. The fourth-order valence-electron chi connectivity index (χ4n) is 1.48. The number of halogens is 1. The molecule has 2 N–H and O–H groups in total. The van der Waals surface area contributed by atoms with E-state index in [1.807, 2.05) is 20.8 Å². The van der Waals surface area contributed by atoms with Crippen LogP contribution in [-0.2, 0) is 4.79 Å². The molecule has 1 aromatic carbocycles. The van der Waals surface area contributed by atoms with Crippen molar-refractivity contribution in [3.8, 4) is 5.75 Å². The van der Waals surface area contributed by atoms with Crippen molar-refractivity contribution in [1.82, 2.24) is 5.32 Å². The largest absolute Gasteiger partial charge is 0.424 e. The molecule has 0 aliphatic rings. The number of aliphatic hydroxyl groups is 1. The van der Waals surface area contributed by atoms with Gasteiger partial charge in [-0.05, 0) is 38.5 Å². The summed E-state index contributed by atoms with van der Waals surface area (Å²) in [6.07, 6.45) is -0.797.